The van der Waals surface area contributed by atoms with Gasteiger partial charge in [-0.25, -0.2) is 0 Å². The van der Waals surface area contributed by atoms with E-state index in [-0.39, 0.29) is 12.5 Å². The van der Waals surface area contributed by atoms with Crippen LogP contribution in [0.3, 0.4) is 0 Å². The minimum Gasteiger partial charge on any atom is -0.389 e. The fraction of sp³-hybridized carbons (Fsp3) is 0.389. The second-order valence-corrected chi connectivity index (χ2v) is 5.23. The fourth-order valence-corrected chi connectivity index (χ4v) is 1.29. The first-order valence-corrected chi connectivity index (χ1v) is 7.23. The van der Waals surface area contributed by atoms with E-state index in [4.69, 9.17) is 0 Å². The minimum absolute atomic E-state index is 0.198. The molecule has 3 nitrogen and oxygen atoms in total. The summed E-state index contributed by atoms with van der Waals surface area (Å²) < 4.78 is 0. The third-order valence-corrected chi connectivity index (χ3v) is 2.35. The van der Waals surface area contributed by atoms with Gasteiger partial charge in [-0.2, -0.15) is 0 Å². The molecule has 0 heterocycles. The van der Waals surface area contributed by atoms with Crippen LogP contribution >= 0.6 is 0 Å². The molecule has 0 saturated heterocycles. The van der Waals surface area contributed by atoms with Crippen molar-refractivity contribution < 1.29 is 9.90 Å². The van der Waals surface area contributed by atoms with Crippen molar-refractivity contribution in [1.82, 2.24) is 5.32 Å². The smallest absolute Gasteiger partial charge is 0.244 e. The first kappa shape index (κ1) is 19.1. The number of hydrogen-bond acceptors (Lipinski definition) is 2. The molecule has 0 radical (unpaired) electrons. The molecule has 0 fully saturated rings. The van der Waals surface area contributed by atoms with Crippen LogP contribution in [0.25, 0.3) is 0 Å². The highest BCUT2D eigenvalue weighted by Gasteiger charge is 2.12. The predicted molar refractivity (Wildman–Crippen MR) is 89.9 cm³/mol. The summed E-state index contributed by atoms with van der Waals surface area (Å²) in [6, 6.07) is 0. The Morgan fingerprint density at radius 1 is 1.00 bits per heavy atom. The van der Waals surface area contributed by atoms with E-state index in [1.54, 1.807) is 19.9 Å². The van der Waals surface area contributed by atoms with Gasteiger partial charge >= 0.3 is 0 Å². The Kier molecular flexibility index (Phi) is 10.9. The van der Waals surface area contributed by atoms with E-state index in [2.05, 4.69) is 11.4 Å². The summed E-state index contributed by atoms with van der Waals surface area (Å²) in [5.74, 6) is -0.198. The van der Waals surface area contributed by atoms with Gasteiger partial charge in [-0.15, -0.1) is 0 Å². The lowest BCUT2D eigenvalue weighted by atomic mass is 10.1. The standard InChI is InChI=1S/C18H27NO2/c1-4-5-6-7-8-9-10-11-12-13-14-15-17(20)19-16-18(2,3)21/h4-9,12-15,21H,10-11,16H2,1-3H3,(H,19,20)/b5-4+,7-6+,9-8+,13-12+,15-14+. The largest absolute Gasteiger partial charge is 0.389 e. The van der Waals surface area contributed by atoms with Crippen molar-refractivity contribution in [2.45, 2.75) is 39.2 Å². The molecule has 0 aromatic heterocycles. The van der Waals surface area contributed by atoms with Gasteiger partial charge in [0.25, 0.3) is 0 Å². The fourth-order valence-electron chi connectivity index (χ4n) is 1.29. The predicted octanol–water partition coefficient (Wildman–Crippen LogP) is 3.45. The van der Waals surface area contributed by atoms with Gasteiger partial charge in [0.2, 0.25) is 5.91 Å². The zero-order chi connectivity index (χ0) is 16.0. The maximum Gasteiger partial charge on any atom is 0.244 e. The summed E-state index contributed by atoms with van der Waals surface area (Å²) in [6.45, 7) is 5.53. The summed E-state index contributed by atoms with van der Waals surface area (Å²) in [4.78, 5) is 11.4. The zero-order valence-corrected chi connectivity index (χ0v) is 13.3. The number of aliphatic hydroxyl groups is 1. The van der Waals surface area contributed by atoms with Crippen LogP contribution in [0.1, 0.15) is 33.6 Å². The Morgan fingerprint density at radius 3 is 2.14 bits per heavy atom. The van der Waals surface area contributed by atoms with Crippen LogP contribution in [0.5, 0.6) is 0 Å². The van der Waals surface area contributed by atoms with Gasteiger partial charge in [-0.3, -0.25) is 4.79 Å². The van der Waals surface area contributed by atoms with Gasteiger partial charge in [0.05, 0.1) is 5.60 Å². The number of carbonyl (C=O) groups excluding carboxylic acids is 1. The lowest BCUT2D eigenvalue weighted by Gasteiger charge is -2.16. The van der Waals surface area contributed by atoms with Crippen LogP contribution in [-0.2, 0) is 4.79 Å². The van der Waals surface area contributed by atoms with Crippen molar-refractivity contribution in [3.8, 4) is 0 Å². The molecule has 0 aliphatic heterocycles. The van der Waals surface area contributed by atoms with E-state index in [0.29, 0.717) is 0 Å². The first-order chi connectivity index (χ1) is 9.95. The zero-order valence-electron chi connectivity index (χ0n) is 13.3. The Hall–Kier alpha value is -1.87. The second-order valence-electron chi connectivity index (χ2n) is 5.23. The van der Waals surface area contributed by atoms with Crippen LogP contribution in [0.15, 0.2) is 60.8 Å². The van der Waals surface area contributed by atoms with Crippen LogP contribution < -0.4 is 5.32 Å². The van der Waals surface area contributed by atoms with Gasteiger partial charge in [-0.1, -0.05) is 54.7 Å². The molecule has 0 aromatic rings. The number of nitrogens with one attached hydrogen (secondary N) is 1. The molecule has 0 unspecified atom stereocenters. The summed E-state index contributed by atoms with van der Waals surface area (Å²) >= 11 is 0. The molecule has 116 valence electrons. The quantitative estimate of drug-likeness (QED) is 0.388. The Morgan fingerprint density at radius 2 is 1.57 bits per heavy atom. The number of hydrogen-bond donors (Lipinski definition) is 2. The minimum atomic E-state index is -0.882. The average Bonchev–Trinajstić information content (AvgIpc) is 2.42. The van der Waals surface area contributed by atoms with Crippen molar-refractivity contribution >= 4 is 5.91 Å². The van der Waals surface area contributed by atoms with Crippen LogP contribution in [0, 0.1) is 0 Å². The molecule has 21 heavy (non-hydrogen) atoms. The molecule has 0 aliphatic carbocycles. The number of rotatable bonds is 9. The normalized spacial score (nSPS) is 13.5. The number of unbranched alkanes of at least 4 members (excludes halogenated alkanes) is 1. The number of allylic oxidation sites excluding steroid dienone is 9. The summed E-state index contributed by atoms with van der Waals surface area (Å²) in [5.41, 5.74) is -0.882. The molecule has 0 saturated carbocycles. The first-order valence-electron chi connectivity index (χ1n) is 7.23. The lowest BCUT2D eigenvalue weighted by molar-refractivity contribution is -0.117. The van der Waals surface area contributed by atoms with E-state index < -0.39 is 5.60 Å². The molecular formula is C18H27NO2. The molecule has 0 atom stereocenters. The van der Waals surface area contributed by atoms with E-state index in [9.17, 15) is 9.90 Å². The average molecular weight is 289 g/mol. The Balaban J connectivity index is 3.76. The van der Waals surface area contributed by atoms with Gasteiger partial charge in [0, 0.05) is 12.6 Å². The second kappa shape index (κ2) is 11.9. The summed E-state index contributed by atoms with van der Waals surface area (Å²) in [7, 11) is 0. The van der Waals surface area contributed by atoms with Crippen molar-refractivity contribution in [1.29, 1.82) is 0 Å². The van der Waals surface area contributed by atoms with Crippen LogP contribution in [0.2, 0.25) is 0 Å². The van der Waals surface area contributed by atoms with Gasteiger partial charge in [0.15, 0.2) is 0 Å². The summed E-state index contributed by atoms with van der Waals surface area (Å²) in [5, 5.41) is 12.1. The van der Waals surface area contributed by atoms with Crippen molar-refractivity contribution in [2.24, 2.45) is 0 Å². The molecular weight excluding hydrogens is 262 g/mol. The van der Waals surface area contributed by atoms with Crippen LogP contribution in [0.4, 0.5) is 0 Å². The molecule has 0 spiro atoms. The highest BCUT2D eigenvalue weighted by molar-refractivity contribution is 5.87. The highest BCUT2D eigenvalue weighted by atomic mass is 16.3. The maximum atomic E-state index is 11.4. The van der Waals surface area contributed by atoms with E-state index in [1.807, 2.05) is 49.5 Å². The molecule has 0 bridgehead atoms. The third-order valence-electron chi connectivity index (χ3n) is 2.35. The van der Waals surface area contributed by atoms with E-state index in [1.165, 1.54) is 6.08 Å². The lowest BCUT2D eigenvalue weighted by Crippen LogP contribution is -2.37. The molecule has 0 rings (SSSR count). The SMILES string of the molecule is C/C=C/C=C/C=C/CC/C=C/C=C/C(=O)NCC(C)(C)O. The maximum absolute atomic E-state index is 11.4. The molecule has 0 aliphatic rings. The van der Waals surface area contributed by atoms with Gasteiger partial charge in [-0.05, 0) is 33.6 Å². The van der Waals surface area contributed by atoms with Gasteiger partial charge in [0.1, 0.15) is 0 Å². The third kappa shape index (κ3) is 16.1. The number of carbonyl (C=O) groups is 1. The van der Waals surface area contributed by atoms with Gasteiger partial charge < -0.3 is 10.4 Å². The summed E-state index contributed by atoms with van der Waals surface area (Å²) in [6.07, 6.45) is 21.0. The van der Waals surface area contributed by atoms with Crippen molar-refractivity contribution in [3.63, 3.8) is 0 Å². The van der Waals surface area contributed by atoms with Crippen molar-refractivity contribution in [2.75, 3.05) is 6.54 Å². The van der Waals surface area contributed by atoms with Crippen LogP contribution in [-0.4, -0.2) is 23.2 Å². The topological polar surface area (TPSA) is 49.3 Å². The molecule has 3 heteroatoms. The monoisotopic (exact) mass is 289 g/mol. The Labute approximate surface area is 128 Å². The molecule has 1 amide bonds. The van der Waals surface area contributed by atoms with E-state index in [0.717, 1.165) is 12.8 Å². The van der Waals surface area contributed by atoms with Crippen molar-refractivity contribution in [3.05, 3.63) is 60.8 Å². The molecule has 2 N–H and O–H groups in total. The molecule has 0 aromatic carbocycles. The number of amides is 1. The Bertz CT molecular complexity index is 421. The van der Waals surface area contributed by atoms with E-state index >= 15 is 0 Å². The highest BCUT2D eigenvalue weighted by Crippen LogP contribution is 1.97.